The van der Waals surface area contributed by atoms with Crippen molar-refractivity contribution in [1.29, 1.82) is 0 Å². The molecular weight excluding hydrogens is 208 g/mol. The van der Waals surface area contributed by atoms with Crippen LogP contribution in [-0.2, 0) is 12.8 Å². The maximum atomic E-state index is 10.3. The summed E-state index contributed by atoms with van der Waals surface area (Å²) >= 11 is 0. The minimum absolute atomic E-state index is 0.498. The molecule has 0 saturated heterocycles. The van der Waals surface area contributed by atoms with Crippen molar-refractivity contribution in [2.24, 2.45) is 0 Å². The van der Waals surface area contributed by atoms with Crippen LogP contribution in [0.2, 0.25) is 0 Å². The van der Waals surface area contributed by atoms with Gasteiger partial charge in [-0.05, 0) is 41.5 Å². The van der Waals surface area contributed by atoms with Crippen LogP contribution < -0.4 is 0 Å². The summed E-state index contributed by atoms with van der Waals surface area (Å²) in [6.45, 7) is 0. The van der Waals surface area contributed by atoms with Crippen LogP contribution in [-0.4, -0.2) is 5.11 Å². The van der Waals surface area contributed by atoms with Gasteiger partial charge in [-0.3, -0.25) is 0 Å². The highest BCUT2D eigenvalue weighted by Crippen LogP contribution is 2.28. The van der Waals surface area contributed by atoms with E-state index in [0.717, 1.165) is 17.5 Å². The molecule has 1 aliphatic carbocycles. The summed E-state index contributed by atoms with van der Waals surface area (Å²) in [5, 5.41) is 10.3. The zero-order chi connectivity index (χ0) is 11.7. The van der Waals surface area contributed by atoms with Crippen LogP contribution in [0.3, 0.4) is 0 Å². The molecule has 0 saturated carbocycles. The van der Waals surface area contributed by atoms with Crippen molar-refractivity contribution in [2.75, 3.05) is 0 Å². The highest BCUT2D eigenvalue weighted by molar-refractivity contribution is 5.39. The van der Waals surface area contributed by atoms with Crippen molar-refractivity contribution in [3.05, 3.63) is 70.8 Å². The molecule has 1 nitrogen and oxygen atoms in total. The normalized spacial score (nSPS) is 15.6. The Hall–Kier alpha value is -1.60. The minimum atomic E-state index is -0.498. The topological polar surface area (TPSA) is 20.2 Å². The Bertz CT molecular complexity index is 516. The standard InChI is InChI=1S/C16H16O/c17-16(13-5-2-1-3-6-13)15-10-9-12-7-4-8-14(12)11-15/h1-3,5-6,9-11,16-17H,4,7-8H2/t16-/m0/s1. The number of fused-ring (bicyclic) bond motifs is 1. The Morgan fingerprint density at radius 2 is 1.59 bits per heavy atom. The summed E-state index contributed by atoms with van der Waals surface area (Å²) < 4.78 is 0. The van der Waals surface area contributed by atoms with Gasteiger partial charge in [-0.1, -0.05) is 48.5 Å². The Morgan fingerprint density at radius 1 is 0.824 bits per heavy atom. The predicted octanol–water partition coefficient (Wildman–Crippen LogP) is 3.26. The fraction of sp³-hybridized carbons (Fsp3) is 0.250. The van der Waals surface area contributed by atoms with Gasteiger partial charge in [0.1, 0.15) is 6.10 Å². The summed E-state index contributed by atoms with van der Waals surface area (Å²) in [6.07, 6.45) is 3.10. The van der Waals surface area contributed by atoms with E-state index >= 15 is 0 Å². The van der Waals surface area contributed by atoms with Crippen LogP contribution in [0.4, 0.5) is 0 Å². The molecule has 0 aromatic heterocycles. The smallest absolute Gasteiger partial charge is 0.104 e. The molecule has 3 rings (SSSR count). The lowest BCUT2D eigenvalue weighted by Crippen LogP contribution is -2.00. The van der Waals surface area contributed by atoms with E-state index in [1.165, 1.54) is 24.0 Å². The first-order valence-electron chi connectivity index (χ1n) is 6.19. The lowest BCUT2D eigenvalue weighted by Gasteiger charge is -2.12. The van der Waals surface area contributed by atoms with E-state index in [4.69, 9.17) is 0 Å². The molecule has 1 aliphatic rings. The second-order valence-corrected chi connectivity index (χ2v) is 4.69. The summed E-state index contributed by atoms with van der Waals surface area (Å²) in [5.41, 5.74) is 4.84. The SMILES string of the molecule is O[C@@H](c1ccccc1)c1ccc2c(c1)CCC2. The van der Waals surface area contributed by atoms with E-state index in [2.05, 4.69) is 18.2 Å². The van der Waals surface area contributed by atoms with E-state index in [0.29, 0.717) is 0 Å². The fourth-order valence-corrected chi connectivity index (χ4v) is 2.59. The Kier molecular flexibility index (Phi) is 2.69. The van der Waals surface area contributed by atoms with Crippen LogP contribution in [0.15, 0.2) is 48.5 Å². The maximum absolute atomic E-state index is 10.3. The quantitative estimate of drug-likeness (QED) is 0.830. The first-order valence-corrected chi connectivity index (χ1v) is 6.19. The van der Waals surface area contributed by atoms with Crippen molar-refractivity contribution in [3.63, 3.8) is 0 Å². The molecule has 0 spiro atoms. The van der Waals surface area contributed by atoms with Crippen molar-refractivity contribution in [2.45, 2.75) is 25.4 Å². The predicted molar refractivity (Wildman–Crippen MR) is 69.0 cm³/mol. The lowest BCUT2D eigenvalue weighted by molar-refractivity contribution is 0.220. The summed E-state index contributed by atoms with van der Waals surface area (Å²) in [5.74, 6) is 0. The zero-order valence-electron chi connectivity index (χ0n) is 9.76. The molecule has 17 heavy (non-hydrogen) atoms. The van der Waals surface area contributed by atoms with Gasteiger partial charge in [-0.15, -0.1) is 0 Å². The third-order valence-electron chi connectivity index (χ3n) is 3.55. The van der Waals surface area contributed by atoms with E-state index in [1.807, 2.05) is 30.3 Å². The molecule has 2 aromatic rings. The zero-order valence-corrected chi connectivity index (χ0v) is 9.76. The molecule has 0 bridgehead atoms. The van der Waals surface area contributed by atoms with Crippen molar-refractivity contribution in [3.8, 4) is 0 Å². The Balaban J connectivity index is 1.94. The van der Waals surface area contributed by atoms with Crippen LogP contribution >= 0.6 is 0 Å². The molecule has 0 amide bonds. The number of benzene rings is 2. The van der Waals surface area contributed by atoms with Gasteiger partial charge in [0.05, 0.1) is 0 Å². The molecule has 2 aromatic carbocycles. The second-order valence-electron chi connectivity index (χ2n) is 4.69. The minimum Gasteiger partial charge on any atom is -0.384 e. The molecule has 0 aliphatic heterocycles. The lowest BCUT2D eigenvalue weighted by atomic mass is 9.98. The number of rotatable bonds is 2. The molecule has 1 atom stereocenters. The molecule has 1 N–H and O–H groups in total. The van der Waals surface area contributed by atoms with Gasteiger partial charge in [0.2, 0.25) is 0 Å². The van der Waals surface area contributed by atoms with Crippen molar-refractivity contribution < 1.29 is 5.11 Å². The summed E-state index contributed by atoms with van der Waals surface area (Å²) in [7, 11) is 0. The number of aliphatic hydroxyl groups is 1. The number of hydrogen-bond donors (Lipinski definition) is 1. The average Bonchev–Trinajstić information content (AvgIpc) is 2.86. The Morgan fingerprint density at radius 3 is 2.41 bits per heavy atom. The second kappa shape index (κ2) is 4.34. The van der Waals surface area contributed by atoms with Gasteiger partial charge in [-0.2, -0.15) is 0 Å². The molecular formula is C16H16O. The van der Waals surface area contributed by atoms with Gasteiger partial charge < -0.3 is 5.11 Å². The highest BCUT2D eigenvalue weighted by Gasteiger charge is 2.15. The number of aliphatic hydroxyl groups excluding tert-OH is 1. The highest BCUT2D eigenvalue weighted by atomic mass is 16.3. The van der Waals surface area contributed by atoms with Gasteiger partial charge in [0.25, 0.3) is 0 Å². The third kappa shape index (κ3) is 1.98. The van der Waals surface area contributed by atoms with Crippen LogP contribution in [0, 0.1) is 0 Å². The first kappa shape index (κ1) is 10.5. The monoisotopic (exact) mass is 224 g/mol. The fourth-order valence-electron chi connectivity index (χ4n) is 2.59. The molecule has 86 valence electrons. The molecule has 0 heterocycles. The van der Waals surface area contributed by atoms with Crippen LogP contribution in [0.5, 0.6) is 0 Å². The third-order valence-corrected chi connectivity index (χ3v) is 3.55. The molecule has 0 radical (unpaired) electrons. The van der Waals surface area contributed by atoms with Crippen LogP contribution in [0.1, 0.15) is 34.8 Å². The van der Waals surface area contributed by atoms with E-state index in [1.54, 1.807) is 0 Å². The van der Waals surface area contributed by atoms with E-state index < -0.39 is 6.10 Å². The number of hydrogen-bond acceptors (Lipinski definition) is 1. The Labute approximate surface area is 102 Å². The van der Waals surface area contributed by atoms with Crippen molar-refractivity contribution >= 4 is 0 Å². The van der Waals surface area contributed by atoms with Gasteiger partial charge >= 0.3 is 0 Å². The van der Waals surface area contributed by atoms with E-state index in [-0.39, 0.29) is 0 Å². The van der Waals surface area contributed by atoms with Crippen LogP contribution in [0.25, 0.3) is 0 Å². The molecule has 1 heteroatoms. The van der Waals surface area contributed by atoms with Crippen molar-refractivity contribution in [1.82, 2.24) is 0 Å². The summed E-state index contributed by atoms with van der Waals surface area (Å²) in [4.78, 5) is 0. The maximum Gasteiger partial charge on any atom is 0.104 e. The largest absolute Gasteiger partial charge is 0.384 e. The van der Waals surface area contributed by atoms with Gasteiger partial charge in [0.15, 0.2) is 0 Å². The summed E-state index contributed by atoms with van der Waals surface area (Å²) in [6, 6.07) is 16.2. The van der Waals surface area contributed by atoms with Gasteiger partial charge in [-0.25, -0.2) is 0 Å². The molecule has 0 fully saturated rings. The first-order chi connectivity index (χ1) is 8.34. The average molecular weight is 224 g/mol. The van der Waals surface area contributed by atoms with E-state index in [9.17, 15) is 5.11 Å². The molecule has 0 unspecified atom stereocenters. The number of aryl methyl sites for hydroxylation is 2. The van der Waals surface area contributed by atoms with Gasteiger partial charge in [0, 0.05) is 0 Å².